The number of amides is 2. The highest BCUT2D eigenvalue weighted by Crippen LogP contribution is 2.33. The Morgan fingerprint density at radius 3 is 2.29 bits per heavy atom. The molecule has 1 fully saturated rings. The van der Waals surface area contributed by atoms with Crippen molar-refractivity contribution in [2.24, 2.45) is 0 Å². The molecular weight excluding hydrogens is 358 g/mol. The number of hydrogen-bond donors (Lipinski definition) is 0. The Morgan fingerprint density at radius 1 is 1.14 bits per heavy atom. The van der Waals surface area contributed by atoms with Crippen LogP contribution in [0.3, 0.4) is 0 Å². The summed E-state index contributed by atoms with van der Waals surface area (Å²) in [6, 6.07) is 3.66. The zero-order valence-electron chi connectivity index (χ0n) is 18.1. The van der Waals surface area contributed by atoms with E-state index in [2.05, 4.69) is 4.98 Å². The molecule has 2 heterocycles. The van der Waals surface area contributed by atoms with Gasteiger partial charge in [-0.3, -0.25) is 4.90 Å². The van der Waals surface area contributed by atoms with Crippen molar-refractivity contribution in [2.45, 2.75) is 78.6 Å². The highest BCUT2D eigenvalue weighted by Gasteiger charge is 2.33. The van der Waals surface area contributed by atoms with E-state index in [4.69, 9.17) is 9.47 Å². The first-order chi connectivity index (χ1) is 12.9. The van der Waals surface area contributed by atoms with Crippen molar-refractivity contribution in [2.75, 3.05) is 18.0 Å². The monoisotopic (exact) mass is 391 g/mol. The average Bonchev–Trinajstić information content (AvgIpc) is 3.02. The largest absolute Gasteiger partial charge is 0.444 e. The molecule has 0 spiro atoms. The number of anilines is 1. The van der Waals surface area contributed by atoms with E-state index in [1.165, 1.54) is 4.90 Å². The van der Waals surface area contributed by atoms with Crippen LogP contribution in [0.25, 0.3) is 0 Å². The second-order valence-electron chi connectivity index (χ2n) is 9.01. The highest BCUT2D eigenvalue weighted by atomic mass is 16.6. The van der Waals surface area contributed by atoms with E-state index < -0.39 is 17.3 Å². The fourth-order valence-corrected chi connectivity index (χ4v) is 3.11. The minimum absolute atomic E-state index is 0.0620. The molecule has 1 aliphatic rings. The first-order valence-corrected chi connectivity index (χ1v) is 9.87. The van der Waals surface area contributed by atoms with Gasteiger partial charge in [-0.1, -0.05) is 6.07 Å². The number of rotatable bonds is 3. The van der Waals surface area contributed by atoms with Crippen LogP contribution in [-0.2, 0) is 9.47 Å². The molecule has 156 valence electrons. The smallest absolute Gasteiger partial charge is 0.415 e. The zero-order valence-corrected chi connectivity index (χ0v) is 18.1. The lowest BCUT2D eigenvalue weighted by Crippen LogP contribution is -2.37. The third kappa shape index (κ3) is 5.84. The molecule has 2 amide bonds. The van der Waals surface area contributed by atoms with Gasteiger partial charge in [0.05, 0.1) is 6.04 Å². The number of carbonyl (C=O) groups excluding carboxylic acids is 2. The maximum Gasteiger partial charge on any atom is 0.415 e. The third-order valence-corrected chi connectivity index (χ3v) is 4.24. The van der Waals surface area contributed by atoms with Gasteiger partial charge in [-0.25, -0.2) is 14.6 Å². The maximum atomic E-state index is 12.5. The van der Waals surface area contributed by atoms with E-state index in [-0.39, 0.29) is 12.1 Å². The lowest BCUT2D eigenvalue weighted by molar-refractivity contribution is 0.0224. The quantitative estimate of drug-likeness (QED) is 0.732. The predicted octanol–water partition coefficient (Wildman–Crippen LogP) is 4.92. The molecule has 0 aliphatic carbocycles. The summed E-state index contributed by atoms with van der Waals surface area (Å²) < 4.78 is 11.0. The van der Waals surface area contributed by atoms with E-state index >= 15 is 0 Å². The molecule has 28 heavy (non-hydrogen) atoms. The van der Waals surface area contributed by atoms with Crippen molar-refractivity contribution in [3.63, 3.8) is 0 Å². The van der Waals surface area contributed by atoms with Gasteiger partial charge in [0.25, 0.3) is 0 Å². The zero-order chi connectivity index (χ0) is 21.1. The van der Waals surface area contributed by atoms with Crippen LogP contribution >= 0.6 is 0 Å². The van der Waals surface area contributed by atoms with E-state index in [0.717, 1.165) is 18.4 Å². The second-order valence-corrected chi connectivity index (χ2v) is 9.01. The van der Waals surface area contributed by atoms with Crippen LogP contribution in [-0.4, -0.2) is 46.4 Å². The van der Waals surface area contributed by atoms with Crippen LogP contribution in [0.15, 0.2) is 18.3 Å². The Labute approximate surface area is 168 Å². The van der Waals surface area contributed by atoms with Gasteiger partial charge in [0, 0.05) is 19.3 Å². The molecule has 1 aliphatic heterocycles. The molecule has 1 aromatic heterocycles. The van der Waals surface area contributed by atoms with E-state index in [1.54, 1.807) is 17.2 Å². The first-order valence-electron chi connectivity index (χ1n) is 9.87. The van der Waals surface area contributed by atoms with Crippen LogP contribution in [0.2, 0.25) is 0 Å². The molecule has 0 unspecified atom stereocenters. The number of pyridine rings is 1. The van der Waals surface area contributed by atoms with Crippen LogP contribution in [0, 0.1) is 0 Å². The van der Waals surface area contributed by atoms with Crippen molar-refractivity contribution < 1.29 is 19.1 Å². The van der Waals surface area contributed by atoms with Gasteiger partial charge in [-0.2, -0.15) is 0 Å². The van der Waals surface area contributed by atoms with Crippen LogP contribution < -0.4 is 4.90 Å². The molecule has 7 heteroatoms. The minimum atomic E-state index is -0.567. The molecule has 7 nitrogen and oxygen atoms in total. The fraction of sp³-hybridized carbons (Fsp3) is 0.667. The topological polar surface area (TPSA) is 72.0 Å². The van der Waals surface area contributed by atoms with E-state index in [1.807, 2.05) is 54.5 Å². The van der Waals surface area contributed by atoms with Gasteiger partial charge in [0.15, 0.2) is 0 Å². The molecule has 0 radical (unpaired) electrons. The number of aromatic nitrogens is 1. The van der Waals surface area contributed by atoms with E-state index in [9.17, 15) is 9.59 Å². The van der Waals surface area contributed by atoms with Gasteiger partial charge in [0.2, 0.25) is 0 Å². The van der Waals surface area contributed by atoms with E-state index in [0.29, 0.717) is 18.9 Å². The van der Waals surface area contributed by atoms with Crippen molar-refractivity contribution in [1.29, 1.82) is 0 Å². The maximum absolute atomic E-state index is 12.5. The SMILES string of the molecule is CCN(C(=O)OC(C)(C)C)c1ccc([C@@H]2CCCN2C(=O)OC(C)(C)C)cn1. The normalized spacial score (nSPS) is 17.4. The van der Waals surface area contributed by atoms with Crippen LogP contribution in [0.5, 0.6) is 0 Å². The molecule has 1 saturated heterocycles. The number of likely N-dealkylation sites (tertiary alicyclic amines) is 1. The number of hydrogen-bond acceptors (Lipinski definition) is 5. The van der Waals surface area contributed by atoms with Crippen LogP contribution in [0.1, 0.15) is 72.9 Å². The lowest BCUT2D eigenvalue weighted by atomic mass is 10.1. The number of carbonyl (C=O) groups is 2. The molecule has 1 atom stereocenters. The van der Waals surface area contributed by atoms with Gasteiger partial charge in [-0.05, 0) is 72.9 Å². The number of nitrogens with zero attached hydrogens (tertiary/aromatic N) is 3. The Morgan fingerprint density at radius 2 is 1.79 bits per heavy atom. The summed E-state index contributed by atoms with van der Waals surface area (Å²) in [4.78, 5) is 32.6. The summed E-state index contributed by atoms with van der Waals surface area (Å²) in [6.07, 6.45) is 2.79. The predicted molar refractivity (Wildman–Crippen MR) is 108 cm³/mol. The summed E-state index contributed by atoms with van der Waals surface area (Å²) >= 11 is 0. The third-order valence-electron chi connectivity index (χ3n) is 4.24. The Bertz CT molecular complexity index is 689. The van der Waals surface area contributed by atoms with Gasteiger partial charge < -0.3 is 14.4 Å². The summed E-state index contributed by atoms with van der Waals surface area (Å²) in [7, 11) is 0. The first kappa shape index (κ1) is 22.0. The van der Waals surface area contributed by atoms with Crippen molar-refractivity contribution in [1.82, 2.24) is 9.88 Å². The molecule has 0 N–H and O–H groups in total. The summed E-state index contributed by atoms with van der Waals surface area (Å²) in [5, 5.41) is 0. The Balaban J connectivity index is 2.14. The fourth-order valence-electron chi connectivity index (χ4n) is 3.11. The molecular formula is C21H33N3O4. The minimum Gasteiger partial charge on any atom is -0.444 e. The average molecular weight is 392 g/mol. The van der Waals surface area contributed by atoms with Crippen molar-refractivity contribution in [3.05, 3.63) is 23.9 Å². The van der Waals surface area contributed by atoms with Crippen molar-refractivity contribution >= 4 is 18.0 Å². The molecule has 0 aromatic carbocycles. The summed E-state index contributed by atoms with van der Waals surface area (Å²) in [6.45, 7) is 14.1. The standard InChI is InChI=1S/C21H33N3O4/c1-8-23(18(25)27-20(2,3)4)17-12-11-15(14-22-17)16-10-9-13-24(16)19(26)28-21(5,6)7/h11-12,14,16H,8-10,13H2,1-7H3/t16-/m0/s1. The molecule has 2 rings (SSSR count). The Kier molecular flexibility index (Phi) is 6.57. The second kappa shape index (κ2) is 8.37. The molecule has 0 saturated carbocycles. The van der Waals surface area contributed by atoms with Gasteiger partial charge in [0.1, 0.15) is 17.0 Å². The lowest BCUT2D eigenvalue weighted by Gasteiger charge is -2.29. The molecule has 1 aromatic rings. The van der Waals surface area contributed by atoms with Crippen molar-refractivity contribution in [3.8, 4) is 0 Å². The van der Waals surface area contributed by atoms with Gasteiger partial charge in [-0.15, -0.1) is 0 Å². The Hall–Kier alpha value is -2.31. The van der Waals surface area contributed by atoms with Gasteiger partial charge >= 0.3 is 12.2 Å². The highest BCUT2D eigenvalue weighted by molar-refractivity contribution is 5.86. The van der Waals surface area contributed by atoms with Crippen LogP contribution in [0.4, 0.5) is 15.4 Å². The molecule has 0 bridgehead atoms. The summed E-state index contributed by atoms with van der Waals surface area (Å²) in [5.41, 5.74) is -0.156. The summed E-state index contributed by atoms with van der Waals surface area (Å²) in [5.74, 6) is 0.530. The number of ether oxygens (including phenoxy) is 2.